The Kier molecular flexibility index (Phi) is 7.54. The van der Waals surface area contributed by atoms with Gasteiger partial charge in [-0.25, -0.2) is 8.42 Å². The Morgan fingerprint density at radius 2 is 1.90 bits per heavy atom. The molecule has 0 heterocycles. The highest BCUT2D eigenvalue weighted by atomic mass is 32.2. The summed E-state index contributed by atoms with van der Waals surface area (Å²) in [4.78, 5) is 0.306. The summed E-state index contributed by atoms with van der Waals surface area (Å²) in [6.45, 7) is 4.34. The maximum atomic E-state index is 12.0. The van der Waals surface area contributed by atoms with Gasteiger partial charge in [0.05, 0.1) is 11.0 Å². The second-order valence-corrected chi connectivity index (χ2v) is 12.8. The summed E-state index contributed by atoms with van der Waals surface area (Å²) in [5.74, 6) is 0.744. The van der Waals surface area contributed by atoms with Gasteiger partial charge in [-0.15, -0.1) is 0 Å². The molecule has 0 aromatic heterocycles. The van der Waals surface area contributed by atoms with E-state index >= 15 is 0 Å². The van der Waals surface area contributed by atoms with E-state index in [4.69, 9.17) is 4.74 Å². The molecular formula is C12H22Al2NO3PS. The van der Waals surface area contributed by atoms with E-state index in [-0.39, 0.29) is 6.10 Å². The SMILES string of the molecule is CCCC(Oc1ccc(S(=O)(=O)[N]([AlH2])P)cc1)[CH](C)[AlH2]. The third-order valence-electron chi connectivity index (χ3n) is 3.10. The molecule has 1 rings (SSSR count). The fraction of sp³-hybridized carbons (Fsp3) is 0.500. The van der Waals surface area contributed by atoms with Gasteiger partial charge >= 0.3 is 16.5 Å². The summed E-state index contributed by atoms with van der Waals surface area (Å²) in [6, 6.07) is 6.71. The minimum Gasteiger partial charge on any atom is -0.491 e. The van der Waals surface area contributed by atoms with Gasteiger partial charge in [-0.2, -0.15) is 0 Å². The Morgan fingerprint density at radius 3 is 2.30 bits per heavy atom. The van der Waals surface area contributed by atoms with Crippen LogP contribution in [0, 0.1) is 0 Å². The molecule has 0 aliphatic carbocycles. The number of nitrogens with zero attached hydrogens (tertiary/aromatic N) is 1. The molecule has 1 aromatic carbocycles. The van der Waals surface area contributed by atoms with Crippen LogP contribution in [0.25, 0.3) is 0 Å². The van der Waals surface area contributed by atoms with Crippen LogP contribution in [0.5, 0.6) is 5.75 Å². The van der Waals surface area contributed by atoms with Crippen molar-refractivity contribution >= 4 is 52.2 Å². The molecule has 0 fully saturated rings. The molecule has 1 aromatic rings. The van der Waals surface area contributed by atoms with Gasteiger partial charge in [0.25, 0.3) is 0 Å². The molecule has 4 nitrogen and oxygen atoms in total. The number of ether oxygens (including phenoxy) is 1. The predicted molar refractivity (Wildman–Crippen MR) is 91.0 cm³/mol. The standard InChI is InChI=1S/C12H18NO3PS.2Al.4H/c1-3-5-10(4-2)16-11-6-8-12(9-7-11)18(14,15)13-17;;;;;;/h4,6-10H,3,5,17H2,1-2H3;;;;;;/q-1;;+1;;;;. The van der Waals surface area contributed by atoms with Crippen molar-refractivity contribution in [3.8, 4) is 5.75 Å². The minimum absolute atomic E-state index is 0.228. The molecule has 0 spiro atoms. The fourth-order valence-corrected chi connectivity index (χ4v) is 4.12. The molecular weight excluding hydrogens is 323 g/mol. The zero-order valence-corrected chi connectivity index (χ0v) is 18.5. The highest BCUT2D eigenvalue weighted by Crippen LogP contribution is 2.24. The predicted octanol–water partition coefficient (Wildman–Crippen LogP) is 1.00. The molecule has 110 valence electrons. The monoisotopic (exact) mass is 345 g/mol. The largest absolute Gasteiger partial charge is 0.491 e. The minimum atomic E-state index is -3.34. The topological polar surface area (TPSA) is 46.6 Å². The van der Waals surface area contributed by atoms with Gasteiger partial charge in [0.15, 0.2) is 0 Å². The van der Waals surface area contributed by atoms with Gasteiger partial charge in [-0.1, -0.05) is 34.4 Å². The highest BCUT2D eigenvalue weighted by molar-refractivity contribution is 7.92. The van der Waals surface area contributed by atoms with Gasteiger partial charge in [-0.3, -0.25) is 3.06 Å². The number of benzene rings is 1. The van der Waals surface area contributed by atoms with Crippen LogP contribution in [-0.2, 0) is 10.0 Å². The van der Waals surface area contributed by atoms with E-state index in [2.05, 4.69) is 23.2 Å². The Bertz CT molecular complexity index is 520. The summed E-state index contributed by atoms with van der Waals surface area (Å²) in [6.07, 6.45) is 2.35. The summed E-state index contributed by atoms with van der Waals surface area (Å²) in [5.41, 5.74) is 0. The van der Waals surface area contributed by atoms with E-state index < -0.39 is 10.0 Å². The second-order valence-electron chi connectivity index (χ2n) is 5.18. The summed E-state index contributed by atoms with van der Waals surface area (Å²) >= 11 is 1.53. The van der Waals surface area contributed by atoms with Crippen molar-refractivity contribution in [2.24, 2.45) is 0 Å². The Hall–Kier alpha value is 0.425. The van der Waals surface area contributed by atoms with E-state index in [1.165, 1.54) is 3.06 Å². The molecule has 0 saturated heterocycles. The van der Waals surface area contributed by atoms with E-state index in [0.29, 0.717) is 26.2 Å². The van der Waals surface area contributed by atoms with Crippen molar-refractivity contribution in [2.45, 2.75) is 42.5 Å². The van der Waals surface area contributed by atoms with Crippen molar-refractivity contribution < 1.29 is 13.2 Å². The van der Waals surface area contributed by atoms with E-state index in [9.17, 15) is 8.42 Å². The Labute approximate surface area is 140 Å². The van der Waals surface area contributed by atoms with Gasteiger partial charge in [0, 0.05) is 0 Å². The quantitative estimate of drug-likeness (QED) is 0.547. The van der Waals surface area contributed by atoms with Crippen LogP contribution in [0.2, 0.25) is 4.78 Å². The maximum Gasteiger partial charge on any atom is 0.350 e. The van der Waals surface area contributed by atoms with Crippen LogP contribution in [0.15, 0.2) is 29.2 Å². The van der Waals surface area contributed by atoms with Crippen LogP contribution in [0.1, 0.15) is 26.7 Å². The van der Waals surface area contributed by atoms with E-state index in [0.717, 1.165) is 34.9 Å². The third-order valence-corrected chi connectivity index (χ3v) is 7.75. The van der Waals surface area contributed by atoms with Gasteiger partial charge in [0.1, 0.15) is 5.75 Å². The second kappa shape index (κ2) is 8.16. The smallest absolute Gasteiger partial charge is 0.350 e. The summed E-state index contributed by atoms with van der Waals surface area (Å²) < 4.78 is 31.8. The van der Waals surface area contributed by atoms with Crippen LogP contribution >= 0.6 is 9.39 Å². The van der Waals surface area contributed by atoms with Gasteiger partial charge in [0.2, 0.25) is 26.3 Å². The first-order chi connectivity index (χ1) is 9.28. The number of hydrogen-bond acceptors (Lipinski definition) is 3. The van der Waals surface area contributed by atoms with Crippen molar-refractivity contribution in [3.05, 3.63) is 24.3 Å². The van der Waals surface area contributed by atoms with Crippen LogP contribution in [0.4, 0.5) is 0 Å². The molecule has 0 aliphatic rings. The summed E-state index contributed by atoms with van der Waals surface area (Å²) in [7, 11) is -1.12. The molecule has 0 N–H and O–H groups in total. The van der Waals surface area contributed by atoms with E-state index in [1.54, 1.807) is 24.3 Å². The van der Waals surface area contributed by atoms with Crippen LogP contribution in [-0.4, -0.2) is 50.4 Å². The number of rotatable bonds is 7. The molecule has 20 heavy (non-hydrogen) atoms. The van der Waals surface area contributed by atoms with Crippen LogP contribution in [0.3, 0.4) is 0 Å². The molecule has 0 saturated carbocycles. The number of sulfonamides is 1. The molecule has 0 aliphatic heterocycles. The van der Waals surface area contributed by atoms with Gasteiger partial charge < -0.3 is 4.74 Å². The Morgan fingerprint density at radius 1 is 1.35 bits per heavy atom. The number of hydrogen-bond donors (Lipinski definition) is 0. The van der Waals surface area contributed by atoms with Gasteiger partial charge in [-0.05, 0) is 30.7 Å². The van der Waals surface area contributed by atoms with Crippen molar-refractivity contribution in [2.75, 3.05) is 0 Å². The third kappa shape index (κ3) is 5.01. The lowest BCUT2D eigenvalue weighted by Crippen LogP contribution is -2.21. The first-order valence-corrected chi connectivity index (χ1v) is 10.8. The first kappa shape index (κ1) is 18.5. The average Bonchev–Trinajstić information content (AvgIpc) is 2.38. The zero-order valence-electron chi connectivity index (χ0n) is 12.5. The lowest BCUT2D eigenvalue weighted by Gasteiger charge is -2.22. The summed E-state index contributed by atoms with van der Waals surface area (Å²) in [5, 5.41) is 0. The highest BCUT2D eigenvalue weighted by Gasteiger charge is 2.17. The molecule has 8 heteroatoms. The van der Waals surface area contributed by atoms with E-state index in [1.807, 2.05) is 0 Å². The fourth-order valence-electron chi connectivity index (χ4n) is 1.84. The maximum absolute atomic E-state index is 12.0. The van der Waals surface area contributed by atoms with Crippen molar-refractivity contribution in [1.82, 2.24) is 3.06 Å². The normalized spacial score (nSPS) is 15.0. The van der Waals surface area contributed by atoms with Crippen molar-refractivity contribution in [1.29, 1.82) is 0 Å². The average molecular weight is 345 g/mol. The zero-order chi connectivity index (χ0) is 15.3. The van der Waals surface area contributed by atoms with Crippen molar-refractivity contribution in [3.63, 3.8) is 0 Å². The lowest BCUT2D eigenvalue weighted by molar-refractivity contribution is 0.186. The molecule has 3 atom stereocenters. The molecule has 3 unspecified atom stereocenters. The molecule has 0 radical (unpaired) electrons. The first-order valence-electron chi connectivity index (χ1n) is 6.79. The lowest BCUT2D eigenvalue weighted by atomic mass is 10.1. The molecule has 0 bridgehead atoms. The van der Waals surface area contributed by atoms with Crippen LogP contribution < -0.4 is 4.74 Å². The Balaban J connectivity index is 2.86. The molecule has 0 amide bonds.